The van der Waals surface area contributed by atoms with E-state index in [1.54, 1.807) is 29.1 Å². The fourth-order valence-electron chi connectivity index (χ4n) is 2.40. The highest BCUT2D eigenvalue weighted by Gasteiger charge is 2.10. The molecule has 7 heteroatoms. The lowest BCUT2D eigenvalue weighted by Crippen LogP contribution is -1.97. The zero-order valence-corrected chi connectivity index (χ0v) is 14.7. The topological polar surface area (TPSA) is 75.4 Å². The maximum Gasteiger partial charge on any atom is 0.216 e. The summed E-state index contributed by atoms with van der Waals surface area (Å²) in [6.45, 7) is 4.34. The summed E-state index contributed by atoms with van der Waals surface area (Å²) in [7, 11) is 0. The number of nitrogens with zero attached hydrogens (tertiary/aromatic N) is 3. The van der Waals surface area contributed by atoms with Gasteiger partial charge in [-0.25, -0.2) is 5.10 Å². The first-order valence-electron chi connectivity index (χ1n) is 7.83. The van der Waals surface area contributed by atoms with Crippen LogP contribution in [0, 0.1) is 11.7 Å². The largest absolute Gasteiger partial charge is 0.504 e. The van der Waals surface area contributed by atoms with Gasteiger partial charge in [-0.15, -0.1) is 0 Å². The van der Waals surface area contributed by atoms with Crippen LogP contribution in [0.1, 0.15) is 18.1 Å². The molecule has 0 aliphatic carbocycles. The van der Waals surface area contributed by atoms with Crippen LogP contribution < -0.4 is 4.74 Å². The molecule has 25 heavy (non-hydrogen) atoms. The summed E-state index contributed by atoms with van der Waals surface area (Å²) in [5.74, 6) is 1.16. The van der Waals surface area contributed by atoms with Crippen molar-refractivity contribution in [2.45, 2.75) is 13.8 Å². The molecule has 0 saturated heterocycles. The van der Waals surface area contributed by atoms with Crippen LogP contribution in [0.15, 0.2) is 47.6 Å². The zero-order valence-electron chi connectivity index (χ0n) is 13.9. The van der Waals surface area contributed by atoms with Crippen LogP contribution in [0.4, 0.5) is 0 Å². The van der Waals surface area contributed by atoms with E-state index in [9.17, 15) is 5.11 Å². The summed E-state index contributed by atoms with van der Waals surface area (Å²) in [6.07, 6.45) is 1.65. The summed E-state index contributed by atoms with van der Waals surface area (Å²) >= 11 is 5.29. The van der Waals surface area contributed by atoms with Crippen LogP contribution in [0.2, 0.25) is 0 Å². The van der Waals surface area contributed by atoms with Crippen LogP contribution in [-0.2, 0) is 0 Å². The molecule has 1 heterocycles. The number of aromatic amines is 1. The van der Waals surface area contributed by atoms with E-state index in [4.69, 9.17) is 17.0 Å². The number of aromatic hydroxyl groups is 1. The van der Waals surface area contributed by atoms with Crippen molar-refractivity contribution >= 4 is 18.4 Å². The minimum atomic E-state index is 0.0968. The fraction of sp³-hybridized carbons (Fsp3) is 0.167. The Morgan fingerprint density at radius 1 is 1.32 bits per heavy atom. The van der Waals surface area contributed by atoms with Gasteiger partial charge in [0.15, 0.2) is 17.3 Å². The van der Waals surface area contributed by atoms with E-state index in [1.807, 2.05) is 38.1 Å². The van der Waals surface area contributed by atoms with Crippen molar-refractivity contribution in [1.29, 1.82) is 0 Å². The molecule has 3 aromatic rings. The molecule has 0 radical (unpaired) electrons. The minimum Gasteiger partial charge on any atom is -0.504 e. The second kappa shape index (κ2) is 7.31. The normalized spacial score (nSPS) is 11.1. The molecule has 0 saturated carbocycles. The molecule has 0 bridgehead atoms. The number of nitrogens with one attached hydrogen (secondary N) is 1. The summed E-state index contributed by atoms with van der Waals surface area (Å²) < 4.78 is 7.36. The molecule has 0 aliphatic rings. The second-order valence-electron chi connectivity index (χ2n) is 5.38. The average Bonchev–Trinajstić information content (AvgIpc) is 2.97. The average molecular weight is 354 g/mol. The number of phenols is 1. The Hall–Kier alpha value is -2.93. The van der Waals surface area contributed by atoms with Gasteiger partial charge in [-0.2, -0.15) is 14.9 Å². The number of benzene rings is 2. The predicted octanol–water partition coefficient (Wildman–Crippen LogP) is 3.90. The smallest absolute Gasteiger partial charge is 0.216 e. The monoisotopic (exact) mass is 354 g/mol. The minimum absolute atomic E-state index is 0.0968. The van der Waals surface area contributed by atoms with Crippen LogP contribution in [0.25, 0.3) is 11.4 Å². The Kier molecular flexibility index (Phi) is 4.95. The van der Waals surface area contributed by atoms with Crippen molar-refractivity contribution in [3.05, 3.63) is 58.4 Å². The lowest BCUT2D eigenvalue weighted by molar-refractivity contribution is 0.318. The Morgan fingerprint density at radius 2 is 2.12 bits per heavy atom. The number of aromatic nitrogens is 3. The molecule has 0 amide bonds. The third-order valence-electron chi connectivity index (χ3n) is 3.64. The van der Waals surface area contributed by atoms with Crippen LogP contribution in [-0.4, -0.2) is 32.8 Å². The predicted molar refractivity (Wildman–Crippen MR) is 99.9 cm³/mol. The molecule has 128 valence electrons. The summed E-state index contributed by atoms with van der Waals surface area (Å²) in [4.78, 5) is 0. The summed E-state index contributed by atoms with van der Waals surface area (Å²) in [5, 5.41) is 21.3. The molecular weight excluding hydrogens is 336 g/mol. The van der Waals surface area contributed by atoms with Gasteiger partial charge in [0.05, 0.1) is 12.8 Å². The highest BCUT2D eigenvalue weighted by molar-refractivity contribution is 7.71. The van der Waals surface area contributed by atoms with Crippen LogP contribution in [0.3, 0.4) is 0 Å². The van der Waals surface area contributed by atoms with E-state index in [0.29, 0.717) is 23.0 Å². The van der Waals surface area contributed by atoms with Crippen LogP contribution in [0.5, 0.6) is 11.5 Å². The van der Waals surface area contributed by atoms with E-state index in [1.165, 1.54) is 0 Å². The zero-order chi connectivity index (χ0) is 17.8. The van der Waals surface area contributed by atoms with E-state index in [-0.39, 0.29) is 5.75 Å². The van der Waals surface area contributed by atoms with Gasteiger partial charge in [-0.1, -0.05) is 24.3 Å². The maximum atomic E-state index is 9.78. The number of rotatable bonds is 5. The number of H-pyrrole nitrogens is 1. The van der Waals surface area contributed by atoms with Crippen molar-refractivity contribution in [3.8, 4) is 22.9 Å². The Labute approximate surface area is 150 Å². The van der Waals surface area contributed by atoms with Gasteiger partial charge < -0.3 is 9.84 Å². The molecule has 3 rings (SSSR count). The van der Waals surface area contributed by atoms with E-state index in [2.05, 4.69) is 15.3 Å². The highest BCUT2D eigenvalue weighted by Crippen LogP contribution is 2.26. The fourth-order valence-corrected chi connectivity index (χ4v) is 2.58. The van der Waals surface area contributed by atoms with E-state index < -0.39 is 0 Å². The van der Waals surface area contributed by atoms with Gasteiger partial charge in [0, 0.05) is 5.56 Å². The molecule has 1 aromatic heterocycles. The molecule has 0 spiro atoms. The van der Waals surface area contributed by atoms with Gasteiger partial charge in [-0.3, -0.25) is 0 Å². The molecule has 0 aliphatic heterocycles. The Balaban J connectivity index is 1.98. The second-order valence-corrected chi connectivity index (χ2v) is 5.77. The number of aryl methyl sites for hydroxylation is 1. The van der Waals surface area contributed by atoms with Crippen molar-refractivity contribution < 1.29 is 9.84 Å². The van der Waals surface area contributed by atoms with Crippen LogP contribution >= 0.6 is 12.2 Å². The Bertz CT molecular complexity index is 975. The van der Waals surface area contributed by atoms with Gasteiger partial charge in [0.25, 0.3) is 0 Å². The standard InChI is InChI=1S/C18H18N4O2S/c1-3-24-16-10-13(8-9-15(16)23)11-19-22-17(20-21-18(22)25)14-7-5-4-6-12(14)2/h4-11,23H,3H2,1-2H3,(H,21,25)/b19-11-. The molecule has 2 N–H and O–H groups in total. The van der Waals surface area contributed by atoms with Gasteiger partial charge in [0.1, 0.15) is 0 Å². The third-order valence-corrected chi connectivity index (χ3v) is 3.91. The number of ether oxygens (including phenoxy) is 1. The molecule has 0 unspecified atom stereocenters. The van der Waals surface area contributed by atoms with Gasteiger partial charge in [0.2, 0.25) is 4.77 Å². The van der Waals surface area contributed by atoms with E-state index >= 15 is 0 Å². The SMILES string of the molecule is CCOc1cc(/C=N\n2c(-c3ccccc3C)n[nH]c2=S)ccc1O. The molecule has 0 fully saturated rings. The summed E-state index contributed by atoms with van der Waals surface area (Å²) in [5.41, 5.74) is 2.81. The van der Waals surface area contributed by atoms with Crippen molar-refractivity contribution in [2.75, 3.05) is 6.61 Å². The Morgan fingerprint density at radius 3 is 2.88 bits per heavy atom. The first-order chi connectivity index (χ1) is 12.1. The quantitative estimate of drug-likeness (QED) is 0.538. The van der Waals surface area contributed by atoms with Crippen molar-refractivity contribution in [3.63, 3.8) is 0 Å². The number of hydrogen-bond acceptors (Lipinski definition) is 5. The molecule has 2 aromatic carbocycles. The highest BCUT2D eigenvalue weighted by atomic mass is 32.1. The first-order valence-corrected chi connectivity index (χ1v) is 8.24. The maximum absolute atomic E-state index is 9.78. The number of phenolic OH excluding ortho intramolecular Hbond substituents is 1. The summed E-state index contributed by atoms with van der Waals surface area (Å²) in [6, 6.07) is 12.9. The number of hydrogen-bond donors (Lipinski definition) is 2. The molecule has 6 nitrogen and oxygen atoms in total. The lowest BCUT2D eigenvalue weighted by Gasteiger charge is -2.06. The van der Waals surface area contributed by atoms with Gasteiger partial charge in [-0.05, 0) is 55.4 Å². The van der Waals surface area contributed by atoms with E-state index in [0.717, 1.165) is 16.7 Å². The van der Waals surface area contributed by atoms with Crippen molar-refractivity contribution in [2.24, 2.45) is 5.10 Å². The molecular formula is C18H18N4O2S. The molecule has 0 atom stereocenters. The van der Waals surface area contributed by atoms with Crippen molar-refractivity contribution in [1.82, 2.24) is 14.9 Å². The third kappa shape index (κ3) is 3.61. The first kappa shape index (κ1) is 16.9. The lowest BCUT2D eigenvalue weighted by atomic mass is 10.1. The van der Waals surface area contributed by atoms with Gasteiger partial charge >= 0.3 is 0 Å².